The fraction of sp³-hybridized carbons (Fsp3) is 0.200. The zero-order chi connectivity index (χ0) is 20.4. The summed E-state index contributed by atoms with van der Waals surface area (Å²) in [5.41, 5.74) is 6.55. The van der Waals surface area contributed by atoms with Gasteiger partial charge in [-0.25, -0.2) is 0 Å². The monoisotopic (exact) mass is 384 g/mol. The van der Waals surface area contributed by atoms with Crippen molar-refractivity contribution in [2.45, 2.75) is 26.8 Å². The topological polar surface area (TPSA) is 49.4 Å². The van der Waals surface area contributed by atoms with Crippen molar-refractivity contribution in [2.24, 2.45) is 0 Å². The van der Waals surface area contributed by atoms with Crippen LogP contribution >= 0.6 is 0 Å². The summed E-state index contributed by atoms with van der Waals surface area (Å²) in [5.74, 6) is -0.172. The molecule has 0 radical (unpaired) electrons. The molecule has 0 aromatic heterocycles. The number of nitrogens with zero attached hydrogens (tertiary/aromatic N) is 1. The van der Waals surface area contributed by atoms with Gasteiger partial charge in [-0.2, -0.15) is 0 Å². The van der Waals surface area contributed by atoms with Gasteiger partial charge in [0.1, 0.15) is 0 Å². The predicted octanol–water partition coefficient (Wildman–Crippen LogP) is 4.75. The zero-order valence-electron chi connectivity index (χ0n) is 16.7. The third kappa shape index (κ3) is 3.92. The molecule has 1 heterocycles. The number of fused-ring (bicyclic) bond motifs is 1. The number of hydrogen-bond acceptors (Lipinski definition) is 2. The van der Waals surface area contributed by atoms with Crippen molar-refractivity contribution in [3.63, 3.8) is 0 Å². The lowest BCUT2D eigenvalue weighted by atomic mass is 9.99. The molecule has 2 amide bonds. The summed E-state index contributed by atoms with van der Waals surface area (Å²) in [6.45, 7) is 5.29. The molecule has 4 heteroatoms. The Morgan fingerprint density at radius 3 is 2.10 bits per heavy atom. The summed E-state index contributed by atoms with van der Waals surface area (Å²) in [4.78, 5) is 27.4. The number of amides is 2. The predicted molar refractivity (Wildman–Crippen MR) is 115 cm³/mol. The molecule has 0 saturated carbocycles. The number of carbonyl (C=O) groups excluding carboxylic acids is 2. The fourth-order valence-corrected chi connectivity index (χ4v) is 3.81. The van der Waals surface area contributed by atoms with Gasteiger partial charge >= 0.3 is 0 Å². The molecule has 0 spiro atoms. The summed E-state index contributed by atoms with van der Waals surface area (Å²) in [7, 11) is 0. The average molecular weight is 384 g/mol. The molecule has 3 aromatic rings. The second-order valence-corrected chi connectivity index (χ2v) is 7.54. The fourth-order valence-electron chi connectivity index (χ4n) is 3.81. The Kier molecular flexibility index (Phi) is 5.17. The molecule has 1 aliphatic rings. The number of carbonyl (C=O) groups is 2. The minimum atomic E-state index is -0.173. The van der Waals surface area contributed by atoms with E-state index >= 15 is 0 Å². The molecular formula is C25H24N2O2. The van der Waals surface area contributed by atoms with Crippen molar-refractivity contribution in [1.29, 1.82) is 0 Å². The standard InChI is InChI=1S/C25H24N2O2/c1-17-6-5-7-18(2)23(17)26-24(28)20-10-12-21(13-11-20)25(29)27-15-14-19-8-3-4-9-22(19)16-27/h3-13H,14-16H2,1-2H3,(H,26,28). The molecule has 146 valence electrons. The molecule has 4 nitrogen and oxygen atoms in total. The lowest BCUT2D eigenvalue weighted by molar-refractivity contribution is 0.0734. The van der Waals surface area contributed by atoms with Gasteiger partial charge in [-0.15, -0.1) is 0 Å². The van der Waals surface area contributed by atoms with E-state index in [-0.39, 0.29) is 11.8 Å². The Balaban J connectivity index is 1.46. The summed E-state index contributed by atoms with van der Waals surface area (Å²) >= 11 is 0. The van der Waals surface area contributed by atoms with Crippen LogP contribution in [0.4, 0.5) is 5.69 Å². The number of hydrogen-bond donors (Lipinski definition) is 1. The van der Waals surface area contributed by atoms with Crippen LogP contribution in [0.1, 0.15) is 43.0 Å². The van der Waals surface area contributed by atoms with Crippen molar-refractivity contribution in [2.75, 3.05) is 11.9 Å². The summed E-state index contributed by atoms with van der Waals surface area (Å²) in [5, 5.41) is 2.98. The van der Waals surface area contributed by atoms with E-state index in [1.54, 1.807) is 24.3 Å². The van der Waals surface area contributed by atoms with Crippen molar-refractivity contribution in [1.82, 2.24) is 4.90 Å². The van der Waals surface area contributed by atoms with Gasteiger partial charge < -0.3 is 10.2 Å². The maximum absolute atomic E-state index is 12.9. The molecule has 4 rings (SSSR count). The molecule has 0 saturated heterocycles. The Morgan fingerprint density at radius 1 is 0.793 bits per heavy atom. The van der Waals surface area contributed by atoms with Crippen molar-refractivity contribution < 1.29 is 9.59 Å². The van der Waals surface area contributed by atoms with Crippen LogP contribution in [0, 0.1) is 13.8 Å². The average Bonchev–Trinajstić information content (AvgIpc) is 2.75. The first-order chi connectivity index (χ1) is 14.0. The minimum Gasteiger partial charge on any atom is -0.334 e. The Labute approximate surface area is 171 Å². The van der Waals surface area contributed by atoms with Crippen LogP contribution in [0.15, 0.2) is 66.7 Å². The van der Waals surface area contributed by atoms with Gasteiger partial charge in [-0.1, -0.05) is 42.5 Å². The van der Waals surface area contributed by atoms with Crippen LogP contribution < -0.4 is 5.32 Å². The van der Waals surface area contributed by atoms with Crippen molar-refractivity contribution in [3.05, 3.63) is 100 Å². The first-order valence-corrected chi connectivity index (χ1v) is 9.86. The van der Waals surface area contributed by atoms with Crippen molar-refractivity contribution in [3.8, 4) is 0 Å². The van der Waals surface area contributed by atoms with E-state index in [9.17, 15) is 9.59 Å². The molecule has 0 aliphatic carbocycles. The number of rotatable bonds is 3. The highest BCUT2D eigenvalue weighted by Gasteiger charge is 2.21. The van der Waals surface area contributed by atoms with Crippen LogP contribution in [0.3, 0.4) is 0 Å². The van der Waals surface area contributed by atoms with Gasteiger partial charge in [0.05, 0.1) is 0 Å². The Bertz CT molecular complexity index is 1050. The maximum Gasteiger partial charge on any atom is 0.255 e. The van der Waals surface area contributed by atoms with Gasteiger partial charge in [0.25, 0.3) is 11.8 Å². The van der Waals surface area contributed by atoms with E-state index in [1.165, 1.54) is 11.1 Å². The highest BCUT2D eigenvalue weighted by atomic mass is 16.2. The van der Waals surface area contributed by atoms with E-state index in [0.717, 1.165) is 23.2 Å². The highest BCUT2D eigenvalue weighted by molar-refractivity contribution is 6.05. The lowest BCUT2D eigenvalue weighted by Gasteiger charge is -2.29. The van der Waals surface area contributed by atoms with E-state index in [2.05, 4.69) is 17.4 Å². The normalized spacial score (nSPS) is 13.0. The Hall–Kier alpha value is -3.40. The molecule has 0 fully saturated rings. The zero-order valence-corrected chi connectivity index (χ0v) is 16.7. The van der Waals surface area contributed by atoms with Gasteiger partial charge in [0, 0.05) is 29.9 Å². The Morgan fingerprint density at radius 2 is 1.41 bits per heavy atom. The van der Waals surface area contributed by atoms with Crippen LogP contribution in [-0.4, -0.2) is 23.3 Å². The number of para-hydroxylation sites is 1. The van der Waals surface area contributed by atoms with Crippen LogP contribution in [0.25, 0.3) is 0 Å². The van der Waals surface area contributed by atoms with E-state index < -0.39 is 0 Å². The molecule has 0 unspecified atom stereocenters. The molecule has 0 bridgehead atoms. The number of nitrogens with one attached hydrogen (secondary N) is 1. The molecule has 29 heavy (non-hydrogen) atoms. The van der Waals surface area contributed by atoms with Crippen LogP contribution in [-0.2, 0) is 13.0 Å². The lowest BCUT2D eigenvalue weighted by Crippen LogP contribution is -2.35. The number of anilines is 1. The SMILES string of the molecule is Cc1cccc(C)c1NC(=O)c1ccc(C(=O)N2CCc3ccccc3C2)cc1. The van der Waals surface area contributed by atoms with E-state index in [1.807, 2.05) is 49.1 Å². The summed E-state index contributed by atoms with van der Waals surface area (Å²) < 4.78 is 0. The van der Waals surface area contributed by atoms with Gasteiger partial charge in [-0.05, 0) is 66.8 Å². The quantitative estimate of drug-likeness (QED) is 0.708. The minimum absolute atomic E-state index is 0.00112. The van der Waals surface area contributed by atoms with Gasteiger partial charge in [0.2, 0.25) is 0 Å². The maximum atomic E-state index is 12.9. The largest absolute Gasteiger partial charge is 0.334 e. The second kappa shape index (κ2) is 7.92. The highest BCUT2D eigenvalue weighted by Crippen LogP contribution is 2.22. The van der Waals surface area contributed by atoms with Crippen LogP contribution in [0.2, 0.25) is 0 Å². The molecular weight excluding hydrogens is 360 g/mol. The molecule has 3 aromatic carbocycles. The van der Waals surface area contributed by atoms with Gasteiger partial charge in [0.15, 0.2) is 0 Å². The van der Waals surface area contributed by atoms with Crippen molar-refractivity contribution >= 4 is 17.5 Å². The molecule has 1 N–H and O–H groups in total. The first kappa shape index (κ1) is 18.9. The number of benzene rings is 3. The number of aryl methyl sites for hydroxylation is 2. The van der Waals surface area contributed by atoms with E-state index in [4.69, 9.17) is 0 Å². The first-order valence-electron chi connectivity index (χ1n) is 9.86. The molecule has 0 atom stereocenters. The van der Waals surface area contributed by atoms with Crippen LogP contribution in [0.5, 0.6) is 0 Å². The second-order valence-electron chi connectivity index (χ2n) is 7.54. The van der Waals surface area contributed by atoms with Gasteiger partial charge in [-0.3, -0.25) is 9.59 Å². The third-order valence-electron chi connectivity index (χ3n) is 5.53. The third-order valence-corrected chi connectivity index (χ3v) is 5.53. The smallest absolute Gasteiger partial charge is 0.255 e. The van der Waals surface area contributed by atoms with E-state index in [0.29, 0.717) is 24.2 Å². The summed E-state index contributed by atoms with van der Waals surface area (Å²) in [6.07, 6.45) is 0.873. The summed E-state index contributed by atoms with van der Waals surface area (Å²) in [6, 6.07) is 21.1. The molecule has 1 aliphatic heterocycles.